The van der Waals surface area contributed by atoms with Crippen LogP contribution in [0.1, 0.15) is 44.9 Å². The lowest BCUT2D eigenvalue weighted by Crippen LogP contribution is -2.49. The fourth-order valence-corrected chi connectivity index (χ4v) is 2.90. The maximum Gasteiger partial charge on any atom is 0.315 e. The molecule has 2 aliphatic rings. The van der Waals surface area contributed by atoms with Gasteiger partial charge in [0.15, 0.2) is 0 Å². The van der Waals surface area contributed by atoms with Crippen LogP contribution >= 0.6 is 0 Å². The van der Waals surface area contributed by atoms with E-state index in [2.05, 4.69) is 10.6 Å². The summed E-state index contributed by atoms with van der Waals surface area (Å²) in [6, 6.07) is 0.257. The molecule has 0 aromatic rings. The summed E-state index contributed by atoms with van der Waals surface area (Å²) in [6.07, 6.45) is 7.40. The minimum Gasteiger partial charge on any atom is -0.341 e. The van der Waals surface area contributed by atoms with Gasteiger partial charge in [-0.3, -0.25) is 4.79 Å². The molecule has 0 aromatic carbocycles. The first-order valence-corrected chi connectivity index (χ1v) is 7.73. The van der Waals surface area contributed by atoms with Crippen molar-refractivity contribution in [3.8, 4) is 0 Å². The van der Waals surface area contributed by atoms with Gasteiger partial charge < -0.3 is 21.3 Å². The van der Waals surface area contributed by atoms with E-state index < -0.39 is 0 Å². The van der Waals surface area contributed by atoms with E-state index >= 15 is 0 Å². The van der Waals surface area contributed by atoms with Crippen molar-refractivity contribution in [2.45, 2.75) is 57.0 Å². The first-order chi connectivity index (χ1) is 9.65. The van der Waals surface area contributed by atoms with Crippen molar-refractivity contribution in [3.63, 3.8) is 0 Å². The maximum atomic E-state index is 11.9. The van der Waals surface area contributed by atoms with Crippen LogP contribution in [0.25, 0.3) is 0 Å². The summed E-state index contributed by atoms with van der Waals surface area (Å²) in [6.45, 7) is 1.48. The molecular weight excluding hydrogens is 256 g/mol. The highest BCUT2D eigenvalue weighted by atomic mass is 16.2. The third kappa shape index (κ3) is 4.67. The molecule has 0 radical (unpaired) electrons. The summed E-state index contributed by atoms with van der Waals surface area (Å²) in [5, 5.41) is 5.61. The van der Waals surface area contributed by atoms with Crippen LogP contribution in [0.5, 0.6) is 0 Å². The third-order valence-electron chi connectivity index (χ3n) is 4.23. The van der Waals surface area contributed by atoms with Crippen molar-refractivity contribution < 1.29 is 9.59 Å². The smallest absolute Gasteiger partial charge is 0.315 e. The van der Waals surface area contributed by atoms with E-state index in [-0.39, 0.29) is 30.6 Å². The molecule has 1 aliphatic heterocycles. The number of piperidine rings is 1. The first kappa shape index (κ1) is 15.1. The Morgan fingerprint density at radius 2 is 1.70 bits per heavy atom. The summed E-state index contributed by atoms with van der Waals surface area (Å²) >= 11 is 0. The Hall–Kier alpha value is -1.30. The molecule has 4 N–H and O–H groups in total. The molecule has 6 heteroatoms. The van der Waals surface area contributed by atoms with E-state index in [0.29, 0.717) is 13.1 Å². The van der Waals surface area contributed by atoms with E-state index in [9.17, 15) is 9.59 Å². The number of urea groups is 1. The Balaban J connectivity index is 1.63. The molecular formula is C14H26N4O2. The van der Waals surface area contributed by atoms with Crippen molar-refractivity contribution >= 4 is 11.9 Å². The third-order valence-corrected chi connectivity index (χ3v) is 4.23. The highest BCUT2D eigenvalue weighted by molar-refractivity contribution is 5.84. The molecule has 1 saturated carbocycles. The molecule has 1 heterocycles. The number of hydrogen-bond acceptors (Lipinski definition) is 3. The fraction of sp³-hybridized carbons (Fsp3) is 0.857. The molecule has 1 aliphatic carbocycles. The van der Waals surface area contributed by atoms with Crippen LogP contribution in [0.15, 0.2) is 0 Å². The number of nitrogens with two attached hydrogens (primary N) is 1. The quantitative estimate of drug-likeness (QED) is 0.707. The molecule has 0 bridgehead atoms. The average molecular weight is 282 g/mol. The zero-order chi connectivity index (χ0) is 14.4. The fourth-order valence-electron chi connectivity index (χ4n) is 2.90. The molecule has 114 valence electrons. The van der Waals surface area contributed by atoms with Gasteiger partial charge in [0.25, 0.3) is 0 Å². The Kier molecular flexibility index (Phi) is 5.64. The summed E-state index contributed by atoms with van der Waals surface area (Å²) < 4.78 is 0. The highest BCUT2D eigenvalue weighted by Gasteiger charge is 2.21. The summed E-state index contributed by atoms with van der Waals surface area (Å²) in [5.74, 6) is -0.0179. The normalized spacial score (nSPS) is 21.6. The van der Waals surface area contributed by atoms with E-state index in [4.69, 9.17) is 5.73 Å². The van der Waals surface area contributed by atoms with Crippen LogP contribution in [0, 0.1) is 0 Å². The van der Waals surface area contributed by atoms with E-state index in [0.717, 1.165) is 25.7 Å². The average Bonchev–Trinajstić information content (AvgIpc) is 2.46. The summed E-state index contributed by atoms with van der Waals surface area (Å²) in [4.78, 5) is 25.5. The molecule has 0 unspecified atom stereocenters. The molecule has 0 aromatic heterocycles. The summed E-state index contributed by atoms with van der Waals surface area (Å²) in [5.41, 5.74) is 5.81. The van der Waals surface area contributed by atoms with E-state index in [1.807, 2.05) is 0 Å². The van der Waals surface area contributed by atoms with Gasteiger partial charge >= 0.3 is 6.03 Å². The maximum absolute atomic E-state index is 11.9. The minimum atomic E-state index is -0.223. The van der Waals surface area contributed by atoms with Crippen LogP contribution in [0.3, 0.4) is 0 Å². The van der Waals surface area contributed by atoms with Gasteiger partial charge in [-0.25, -0.2) is 4.79 Å². The zero-order valence-corrected chi connectivity index (χ0v) is 12.1. The van der Waals surface area contributed by atoms with Gasteiger partial charge in [-0.2, -0.15) is 0 Å². The van der Waals surface area contributed by atoms with Crippen LogP contribution in [-0.2, 0) is 4.79 Å². The Bertz CT molecular complexity index is 334. The second-order valence-electron chi connectivity index (χ2n) is 5.88. The molecule has 3 amide bonds. The van der Waals surface area contributed by atoms with Gasteiger partial charge in [-0.15, -0.1) is 0 Å². The summed E-state index contributed by atoms with van der Waals surface area (Å²) in [7, 11) is 0. The number of carbonyl (C=O) groups is 2. The van der Waals surface area contributed by atoms with Crippen LogP contribution in [0.2, 0.25) is 0 Å². The van der Waals surface area contributed by atoms with Crippen molar-refractivity contribution in [2.75, 3.05) is 19.6 Å². The molecule has 0 atom stereocenters. The Morgan fingerprint density at radius 3 is 2.35 bits per heavy atom. The van der Waals surface area contributed by atoms with Crippen molar-refractivity contribution in [2.24, 2.45) is 5.73 Å². The van der Waals surface area contributed by atoms with Crippen molar-refractivity contribution in [3.05, 3.63) is 0 Å². The Labute approximate surface area is 120 Å². The molecule has 2 fully saturated rings. The van der Waals surface area contributed by atoms with E-state index in [1.165, 1.54) is 19.3 Å². The predicted molar refractivity (Wildman–Crippen MR) is 77.2 cm³/mol. The molecule has 20 heavy (non-hydrogen) atoms. The van der Waals surface area contributed by atoms with Gasteiger partial charge in [0.05, 0.1) is 6.54 Å². The molecule has 2 rings (SSSR count). The molecule has 0 spiro atoms. The standard InChI is InChI=1S/C14H26N4O2/c15-11-6-8-18(9-7-11)13(19)10-16-14(20)17-12-4-2-1-3-5-12/h11-12H,1-10,15H2,(H2,16,17,20). The van der Waals surface area contributed by atoms with Gasteiger partial charge in [0.2, 0.25) is 5.91 Å². The lowest BCUT2D eigenvalue weighted by molar-refractivity contribution is -0.131. The van der Waals surface area contributed by atoms with Gasteiger partial charge in [0, 0.05) is 25.2 Å². The Morgan fingerprint density at radius 1 is 1.05 bits per heavy atom. The van der Waals surface area contributed by atoms with Gasteiger partial charge in [-0.05, 0) is 25.7 Å². The lowest BCUT2D eigenvalue weighted by Gasteiger charge is -2.30. The van der Waals surface area contributed by atoms with Crippen LogP contribution in [0.4, 0.5) is 4.79 Å². The second kappa shape index (κ2) is 7.47. The lowest BCUT2D eigenvalue weighted by atomic mass is 9.96. The number of hydrogen-bond donors (Lipinski definition) is 3. The van der Waals surface area contributed by atoms with E-state index in [1.54, 1.807) is 4.90 Å². The van der Waals surface area contributed by atoms with Crippen LogP contribution in [-0.4, -0.2) is 48.6 Å². The number of nitrogens with zero attached hydrogens (tertiary/aromatic N) is 1. The second-order valence-corrected chi connectivity index (χ2v) is 5.88. The molecule has 6 nitrogen and oxygen atoms in total. The number of amides is 3. The number of rotatable bonds is 3. The van der Waals surface area contributed by atoms with Gasteiger partial charge in [0.1, 0.15) is 0 Å². The number of likely N-dealkylation sites (tertiary alicyclic amines) is 1. The topological polar surface area (TPSA) is 87.5 Å². The highest BCUT2D eigenvalue weighted by Crippen LogP contribution is 2.17. The number of nitrogens with one attached hydrogen (secondary N) is 2. The number of carbonyl (C=O) groups excluding carboxylic acids is 2. The zero-order valence-electron chi connectivity index (χ0n) is 12.1. The van der Waals surface area contributed by atoms with Crippen molar-refractivity contribution in [1.82, 2.24) is 15.5 Å². The van der Waals surface area contributed by atoms with Gasteiger partial charge in [-0.1, -0.05) is 19.3 Å². The van der Waals surface area contributed by atoms with Crippen LogP contribution < -0.4 is 16.4 Å². The van der Waals surface area contributed by atoms with Crippen molar-refractivity contribution in [1.29, 1.82) is 0 Å². The predicted octanol–water partition coefficient (Wildman–Crippen LogP) is 0.568. The first-order valence-electron chi connectivity index (χ1n) is 7.73. The largest absolute Gasteiger partial charge is 0.341 e. The SMILES string of the molecule is NC1CCN(C(=O)CNC(=O)NC2CCCCC2)CC1. The monoisotopic (exact) mass is 282 g/mol. The molecule has 1 saturated heterocycles. The minimum absolute atomic E-state index is 0.0179.